The van der Waals surface area contributed by atoms with Gasteiger partial charge >= 0.3 is 0 Å². The molecule has 0 N–H and O–H groups in total. The van der Waals surface area contributed by atoms with Gasteiger partial charge in [-0.25, -0.2) is 4.39 Å². The summed E-state index contributed by atoms with van der Waals surface area (Å²) in [5, 5.41) is 10.2. The first kappa shape index (κ1) is 8.58. The van der Waals surface area contributed by atoms with Crippen LogP contribution in [0.4, 0.5) is 4.39 Å². The normalized spacial score (nSPS) is 22.6. The van der Waals surface area contributed by atoms with Gasteiger partial charge in [0.15, 0.2) is 6.29 Å². The fourth-order valence-corrected chi connectivity index (χ4v) is 0.939. The summed E-state index contributed by atoms with van der Waals surface area (Å²) in [6.45, 7) is 0. The maximum Gasteiger partial charge on any atom is 0.235 e. The van der Waals surface area contributed by atoms with Gasteiger partial charge in [-0.15, -0.1) is 0 Å². The number of hydrogen-bond acceptors (Lipinski definition) is 3. The Hall–Kier alpha value is -1.52. The van der Waals surface area contributed by atoms with Crippen molar-refractivity contribution < 1.29 is 14.1 Å². The Morgan fingerprint density at radius 1 is 1.75 bits per heavy atom. The Morgan fingerprint density at radius 2 is 2.42 bits per heavy atom. The third-order valence-electron chi connectivity index (χ3n) is 1.58. The fraction of sp³-hybridized carbons (Fsp3) is 0.286. The first-order valence-electron chi connectivity index (χ1n) is 3.31. The molecule has 0 heterocycles. The molecule has 0 fully saturated rings. The average Bonchev–Trinajstić information content (AvgIpc) is 2.05. The third-order valence-corrected chi connectivity index (χ3v) is 1.58. The van der Waals surface area contributed by atoms with Crippen LogP contribution in [-0.4, -0.2) is 17.3 Å². The summed E-state index contributed by atoms with van der Waals surface area (Å²) < 4.78 is 12.6. The molecule has 0 aromatic carbocycles. The molecule has 5 heteroatoms. The molecule has 0 radical (unpaired) electrons. The highest BCUT2D eigenvalue weighted by Crippen LogP contribution is 2.19. The van der Waals surface area contributed by atoms with E-state index in [-0.39, 0.29) is 18.3 Å². The van der Waals surface area contributed by atoms with Crippen molar-refractivity contribution in [1.82, 2.24) is 0 Å². The Morgan fingerprint density at radius 3 is 2.92 bits per heavy atom. The number of nitrogens with zero attached hydrogens (tertiary/aromatic N) is 1. The Bertz CT molecular complexity index is 282. The molecule has 0 amide bonds. The summed E-state index contributed by atoms with van der Waals surface area (Å²) >= 11 is 0. The van der Waals surface area contributed by atoms with Crippen LogP contribution < -0.4 is 0 Å². The molecule has 1 atom stereocenters. The monoisotopic (exact) mass is 171 g/mol. The number of aldehydes is 1. The number of nitro groups is 1. The number of halogens is 1. The fourth-order valence-electron chi connectivity index (χ4n) is 0.939. The number of carbonyl (C=O) groups is 1. The van der Waals surface area contributed by atoms with E-state index < -0.39 is 16.8 Å². The summed E-state index contributed by atoms with van der Waals surface area (Å²) in [7, 11) is 0. The molecule has 0 aromatic rings. The van der Waals surface area contributed by atoms with Gasteiger partial charge in [-0.1, -0.05) is 0 Å². The first-order valence-corrected chi connectivity index (χ1v) is 3.31. The van der Waals surface area contributed by atoms with Crippen LogP contribution in [0, 0.1) is 10.1 Å². The number of rotatable bonds is 2. The molecule has 1 aliphatic rings. The zero-order valence-electron chi connectivity index (χ0n) is 6.07. The smallest absolute Gasteiger partial charge is 0.235 e. The second-order valence-electron chi connectivity index (χ2n) is 2.38. The summed E-state index contributed by atoms with van der Waals surface area (Å²) in [6.07, 6.45) is 2.37. The third kappa shape index (κ3) is 1.55. The van der Waals surface area contributed by atoms with Gasteiger partial charge in [-0.05, 0) is 6.08 Å². The van der Waals surface area contributed by atoms with E-state index in [0.717, 1.165) is 12.2 Å². The zero-order chi connectivity index (χ0) is 9.14. The van der Waals surface area contributed by atoms with E-state index in [9.17, 15) is 19.3 Å². The topological polar surface area (TPSA) is 60.2 Å². The number of hydrogen-bond donors (Lipinski definition) is 0. The minimum Gasteiger partial charge on any atom is -0.298 e. The van der Waals surface area contributed by atoms with Gasteiger partial charge in [0.05, 0.1) is 5.57 Å². The molecule has 0 spiro atoms. The van der Waals surface area contributed by atoms with Gasteiger partial charge in [-0.2, -0.15) is 0 Å². The van der Waals surface area contributed by atoms with Crippen LogP contribution in [0.15, 0.2) is 23.6 Å². The molecule has 64 valence electrons. The summed E-state index contributed by atoms with van der Waals surface area (Å²) in [6, 6.07) is -0.968. The molecule has 1 rings (SSSR count). The van der Waals surface area contributed by atoms with Crippen molar-refractivity contribution in [1.29, 1.82) is 0 Å². The average molecular weight is 171 g/mol. The van der Waals surface area contributed by atoms with Crippen LogP contribution >= 0.6 is 0 Å². The second kappa shape index (κ2) is 3.25. The zero-order valence-corrected chi connectivity index (χ0v) is 6.07. The second-order valence-corrected chi connectivity index (χ2v) is 2.38. The molecule has 0 bridgehead atoms. The Kier molecular flexibility index (Phi) is 2.32. The van der Waals surface area contributed by atoms with Crippen LogP contribution in [0.3, 0.4) is 0 Å². The van der Waals surface area contributed by atoms with Crippen molar-refractivity contribution in [2.45, 2.75) is 12.5 Å². The van der Waals surface area contributed by atoms with Crippen LogP contribution in [0.25, 0.3) is 0 Å². The molecule has 0 aromatic heterocycles. The standard InChI is InChI=1S/C7H6FNO3/c8-7-2-1-6(9(11)12)3-5(7)4-10/h2-4,6H,1H2. The number of allylic oxidation sites excluding steroid dienone is 2. The first-order chi connectivity index (χ1) is 5.65. The highest BCUT2D eigenvalue weighted by Gasteiger charge is 2.22. The lowest BCUT2D eigenvalue weighted by atomic mass is 10.0. The quantitative estimate of drug-likeness (QED) is 0.354. The predicted octanol–water partition coefficient (Wildman–Crippen LogP) is 1.01. The van der Waals surface area contributed by atoms with E-state index in [1.54, 1.807) is 0 Å². The molecule has 4 nitrogen and oxygen atoms in total. The molecule has 0 aliphatic heterocycles. The van der Waals surface area contributed by atoms with Crippen molar-refractivity contribution in [3.63, 3.8) is 0 Å². The van der Waals surface area contributed by atoms with E-state index in [1.165, 1.54) is 0 Å². The van der Waals surface area contributed by atoms with Crippen LogP contribution in [0.1, 0.15) is 6.42 Å². The maximum absolute atomic E-state index is 12.6. The molecule has 0 saturated carbocycles. The van der Waals surface area contributed by atoms with Gasteiger partial charge in [-0.3, -0.25) is 14.9 Å². The minimum absolute atomic E-state index is 0.0101. The SMILES string of the molecule is O=CC1=CC([N+](=O)[O-])CC=C1F. The molecular weight excluding hydrogens is 165 g/mol. The van der Waals surface area contributed by atoms with Gasteiger partial charge in [0.2, 0.25) is 6.04 Å². The van der Waals surface area contributed by atoms with Gasteiger partial charge in [0.25, 0.3) is 0 Å². The lowest BCUT2D eigenvalue weighted by Gasteiger charge is -2.07. The summed E-state index contributed by atoms with van der Waals surface area (Å²) in [5.74, 6) is -0.678. The molecule has 12 heavy (non-hydrogen) atoms. The Balaban J connectivity index is 2.87. The van der Waals surface area contributed by atoms with Crippen molar-refractivity contribution in [3.05, 3.63) is 33.7 Å². The molecule has 1 aliphatic carbocycles. The lowest BCUT2D eigenvalue weighted by Crippen LogP contribution is -2.19. The summed E-state index contributed by atoms with van der Waals surface area (Å²) in [4.78, 5) is 19.8. The van der Waals surface area contributed by atoms with Crippen molar-refractivity contribution in [3.8, 4) is 0 Å². The van der Waals surface area contributed by atoms with Gasteiger partial charge in [0, 0.05) is 17.4 Å². The largest absolute Gasteiger partial charge is 0.298 e. The predicted molar refractivity (Wildman–Crippen MR) is 38.7 cm³/mol. The van der Waals surface area contributed by atoms with Crippen LogP contribution in [-0.2, 0) is 4.79 Å². The Labute approximate surface area is 67.5 Å². The van der Waals surface area contributed by atoms with Crippen LogP contribution in [0.5, 0.6) is 0 Å². The maximum atomic E-state index is 12.6. The van der Waals surface area contributed by atoms with E-state index in [4.69, 9.17) is 0 Å². The summed E-state index contributed by atoms with van der Waals surface area (Å²) in [5.41, 5.74) is -0.233. The van der Waals surface area contributed by atoms with Crippen molar-refractivity contribution >= 4 is 6.29 Å². The van der Waals surface area contributed by atoms with E-state index in [0.29, 0.717) is 0 Å². The van der Waals surface area contributed by atoms with Crippen molar-refractivity contribution in [2.24, 2.45) is 0 Å². The molecule has 0 saturated heterocycles. The lowest BCUT2D eigenvalue weighted by molar-refractivity contribution is -0.508. The van der Waals surface area contributed by atoms with E-state index >= 15 is 0 Å². The van der Waals surface area contributed by atoms with E-state index in [2.05, 4.69) is 0 Å². The van der Waals surface area contributed by atoms with Crippen molar-refractivity contribution in [2.75, 3.05) is 0 Å². The van der Waals surface area contributed by atoms with E-state index in [1.807, 2.05) is 0 Å². The molecular formula is C7H6FNO3. The molecule has 1 unspecified atom stereocenters. The van der Waals surface area contributed by atoms with Gasteiger partial charge < -0.3 is 0 Å². The van der Waals surface area contributed by atoms with Gasteiger partial charge in [0.1, 0.15) is 5.83 Å². The van der Waals surface area contributed by atoms with Crippen LogP contribution in [0.2, 0.25) is 0 Å². The number of carbonyl (C=O) groups excluding carboxylic acids is 1. The minimum atomic E-state index is -0.968. The highest BCUT2D eigenvalue weighted by atomic mass is 19.1. The highest BCUT2D eigenvalue weighted by molar-refractivity contribution is 5.79.